The van der Waals surface area contributed by atoms with Gasteiger partial charge in [-0.25, -0.2) is 0 Å². The first-order valence-corrected chi connectivity index (χ1v) is 11.0. The van der Waals surface area contributed by atoms with Crippen LogP contribution in [0.2, 0.25) is 0 Å². The summed E-state index contributed by atoms with van der Waals surface area (Å²) in [4.78, 5) is 10.5. The molecular weight excluding hydrogens is 527 g/mol. The van der Waals surface area contributed by atoms with Crippen molar-refractivity contribution in [1.29, 1.82) is 0 Å². The first-order valence-electron chi connectivity index (χ1n) is 10.1. The molecule has 0 amide bonds. The van der Waals surface area contributed by atoms with Gasteiger partial charge in [0.05, 0.1) is 33.5 Å². The first kappa shape index (κ1) is 25.7. The summed E-state index contributed by atoms with van der Waals surface area (Å²) >= 11 is 1.80. The standard InChI is InChI=1S/C22H32N4O3S.HI/c1-23-22(25(2)16-17-7-8-18(27-3)14-20(17)28-4)24-15-19(21-6-5-13-30-21)26-9-11-29-12-10-26;/h5-8,13-14,19H,9-12,15-16H2,1-4H3,(H,23,24);1H. The molecule has 1 saturated heterocycles. The van der Waals surface area contributed by atoms with Gasteiger partial charge in [0, 0.05) is 56.8 Å². The van der Waals surface area contributed by atoms with Crippen LogP contribution in [0.5, 0.6) is 11.5 Å². The van der Waals surface area contributed by atoms with Crippen molar-refractivity contribution in [2.24, 2.45) is 4.99 Å². The fourth-order valence-electron chi connectivity index (χ4n) is 3.67. The van der Waals surface area contributed by atoms with Crippen LogP contribution in [0, 0.1) is 0 Å². The van der Waals surface area contributed by atoms with Crippen molar-refractivity contribution in [1.82, 2.24) is 15.1 Å². The second kappa shape index (κ2) is 13.1. The third kappa shape index (κ3) is 6.96. The van der Waals surface area contributed by atoms with Gasteiger partial charge >= 0.3 is 0 Å². The number of nitrogens with zero attached hydrogens (tertiary/aromatic N) is 3. The van der Waals surface area contributed by atoms with E-state index in [0.29, 0.717) is 12.6 Å². The average molecular weight is 561 g/mol. The van der Waals surface area contributed by atoms with Gasteiger partial charge in [-0.3, -0.25) is 9.89 Å². The fourth-order valence-corrected chi connectivity index (χ4v) is 4.53. The lowest BCUT2D eigenvalue weighted by Gasteiger charge is -2.35. The summed E-state index contributed by atoms with van der Waals surface area (Å²) in [5, 5.41) is 5.71. The van der Waals surface area contributed by atoms with Crippen LogP contribution in [-0.4, -0.2) is 76.9 Å². The number of thiophene rings is 1. The van der Waals surface area contributed by atoms with Crippen LogP contribution in [-0.2, 0) is 11.3 Å². The van der Waals surface area contributed by atoms with E-state index in [1.54, 1.807) is 25.6 Å². The van der Waals surface area contributed by atoms with Gasteiger partial charge in [-0.2, -0.15) is 0 Å². The molecule has 1 atom stereocenters. The average Bonchev–Trinajstić information content (AvgIpc) is 3.32. The number of methoxy groups -OCH3 is 2. The van der Waals surface area contributed by atoms with E-state index < -0.39 is 0 Å². The Kier molecular flexibility index (Phi) is 10.9. The maximum atomic E-state index is 5.55. The number of hydrogen-bond donors (Lipinski definition) is 1. The smallest absolute Gasteiger partial charge is 0.193 e. The van der Waals surface area contributed by atoms with Crippen LogP contribution < -0.4 is 14.8 Å². The summed E-state index contributed by atoms with van der Waals surface area (Å²) in [6, 6.07) is 10.5. The predicted molar refractivity (Wildman–Crippen MR) is 137 cm³/mol. The number of aliphatic imine (C=N–C) groups is 1. The molecule has 1 N–H and O–H groups in total. The summed E-state index contributed by atoms with van der Waals surface area (Å²) in [5.74, 6) is 2.44. The molecule has 172 valence electrons. The lowest BCUT2D eigenvalue weighted by atomic mass is 10.1. The van der Waals surface area contributed by atoms with Crippen molar-refractivity contribution in [2.75, 3.05) is 61.2 Å². The molecule has 2 aromatic rings. The molecule has 0 saturated carbocycles. The minimum atomic E-state index is 0. The zero-order valence-electron chi connectivity index (χ0n) is 18.7. The Bertz CT molecular complexity index is 813. The van der Waals surface area contributed by atoms with Gasteiger partial charge in [0.25, 0.3) is 0 Å². The normalized spacial score (nSPS) is 15.7. The molecule has 1 unspecified atom stereocenters. The Hall–Kier alpha value is -1.56. The number of halogens is 1. The molecule has 1 aromatic carbocycles. The number of ether oxygens (including phenoxy) is 3. The van der Waals surface area contributed by atoms with E-state index in [4.69, 9.17) is 14.2 Å². The first-order chi connectivity index (χ1) is 14.7. The summed E-state index contributed by atoms with van der Waals surface area (Å²) < 4.78 is 16.4. The number of hydrogen-bond acceptors (Lipinski definition) is 6. The molecule has 1 aromatic heterocycles. The summed E-state index contributed by atoms with van der Waals surface area (Å²) in [5.41, 5.74) is 1.08. The molecule has 0 aliphatic carbocycles. The van der Waals surface area contributed by atoms with Crippen molar-refractivity contribution < 1.29 is 14.2 Å². The molecule has 2 heterocycles. The van der Waals surface area contributed by atoms with Crippen LogP contribution in [0.15, 0.2) is 40.7 Å². The summed E-state index contributed by atoms with van der Waals surface area (Å²) in [6.07, 6.45) is 0. The van der Waals surface area contributed by atoms with Crippen LogP contribution in [0.4, 0.5) is 0 Å². The Balaban J connectivity index is 0.00000341. The number of morpholine rings is 1. The van der Waals surface area contributed by atoms with E-state index in [1.807, 2.05) is 32.3 Å². The predicted octanol–water partition coefficient (Wildman–Crippen LogP) is 3.46. The minimum absolute atomic E-state index is 0. The van der Waals surface area contributed by atoms with Crippen molar-refractivity contribution in [3.8, 4) is 11.5 Å². The van der Waals surface area contributed by atoms with Crippen LogP contribution in [0.25, 0.3) is 0 Å². The largest absolute Gasteiger partial charge is 0.497 e. The van der Waals surface area contributed by atoms with E-state index in [2.05, 4.69) is 37.6 Å². The second-order valence-electron chi connectivity index (χ2n) is 7.14. The van der Waals surface area contributed by atoms with E-state index in [-0.39, 0.29) is 24.0 Å². The highest BCUT2D eigenvalue weighted by Crippen LogP contribution is 2.27. The molecule has 1 fully saturated rings. The Labute approximate surface area is 206 Å². The molecule has 1 aliphatic heterocycles. The Morgan fingerprint density at radius 1 is 1.26 bits per heavy atom. The van der Waals surface area contributed by atoms with Gasteiger partial charge < -0.3 is 24.4 Å². The highest BCUT2D eigenvalue weighted by molar-refractivity contribution is 14.0. The van der Waals surface area contributed by atoms with E-state index >= 15 is 0 Å². The zero-order valence-corrected chi connectivity index (χ0v) is 21.8. The molecule has 31 heavy (non-hydrogen) atoms. The molecule has 1 aliphatic rings. The van der Waals surface area contributed by atoms with Crippen LogP contribution >= 0.6 is 35.3 Å². The second-order valence-corrected chi connectivity index (χ2v) is 8.12. The molecular formula is C22H33IN4O3S. The van der Waals surface area contributed by atoms with Gasteiger partial charge in [-0.1, -0.05) is 6.07 Å². The van der Waals surface area contributed by atoms with Gasteiger partial charge in [0.1, 0.15) is 11.5 Å². The molecule has 3 rings (SSSR count). The highest BCUT2D eigenvalue weighted by atomic mass is 127. The van der Waals surface area contributed by atoms with Crippen molar-refractivity contribution in [3.63, 3.8) is 0 Å². The van der Waals surface area contributed by atoms with Crippen molar-refractivity contribution >= 4 is 41.3 Å². The third-order valence-electron chi connectivity index (χ3n) is 5.29. The zero-order chi connectivity index (χ0) is 21.3. The molecule has 0 spiro atoms. The maximum absolute atomic E-state index is 5.55. The fraction of sp³-hybridized carbons (Fsp3) is 0.500. The van der Waals surface area contributed by atoms with Gasteiger partial charge in [-0.05, 0) is 23.6 Å². The summed E-state index contributed by atoms with van der Waals surface area (Å²) in [6.45, 7) is 4.93. The lowest BCUT2D eigenvalue weighted by molar-refractivity contribution is 0.0176. The molecule has 0 bridgehead atoms. The van der Waals surface area contributed by atoms with Gasteiger partial charge in [-0.15, -0.1) is 35.3 Å². The quantitative estimate of drug-likeness (QED) is 0.303. The van der Waals surface area contributed by atoms with Crippen molar-refractivity contribution in [3.05, 3.63) is 46.2 Å². The SMILES string of the molecule is CN=C(NCC(c1cccs1)N1CCOCC1)N(C)Cc1ccc(OC)cc1OC.I. The highest BCUT2D eigenvalue weighted by Gasteiger charge is 2.24. The Morgan fingerprint density at radius 2 is 2.03 bits per heavy atom. The third-order valence-corrected chi connectivity index (χ3v) is 6.26. The minimum Gasteiger partial charge on any atom is -0.497 e. The van der Waals surface area contributed by atoms with Crippen molar-refractivity contribution in [2.45, 2.75) is 12.6 Å². The molecule has 7 nitrogen and oxygen atoms in total. The lowest BCUT2D eigenvalue weighted by Crippen LogP contribution is -2.46. The maximum Gasteiger partial charge on any atom is 0.193 e. The molecule has 0 radical (unpaired) electrons. The Morgan fingerprint density at radius 3 is 2.65 bits per heavy atom. The van der Waals surface area contributed by atoms with Gasteiger partial charge in [0.2, 0.25) is 0 Å². The number of guanidine groups is 1. The van der Waals surface area contributed by atoms with Gasteiger partial charge in [0.15, 0.2) is 5.96 Å². The number of benzene rings is 1. The summed E-state index contributed by atoms with van der Waals surface area (Å²) in [7, 11) is 7.19. The van der Waals surface area contributed by atoms with Crippen LogP contribution in [0.1, 0.15) is 16.5 Å². The number of nitrogens with one attached hydrogen (secondary N) is 1. The van der Waals surface area contributed by atoms with E-state index in [0.717, 1.165) is 55.9 Å². The molecule has 9 heteroatoms. The number of rotatable bonds is 8. The monoisotopic (exact) mass is 560 g/mol. The van der Waals surface area contributed by atoms with Crippen LogP contribution in [0.3, 0.4) is 0 Å². The van der Waals surface area contributed by atoms with E-state index in [1.165, 1.54) is 4.88 Å². The van der Waals surface area contributed by atoms with E-state index in [9.17, 15) is 0 Å². The topological polar surface area (TPSA) is 58.6 Å².